The van der Waals surface area contributed by atoms with Gasteiger partial charge in [0.1, 0.15) is 5.60 Å². The van der Waals surface area contributed by atoms with Gasteiger partial charge in [-0.25, -0.2) is 0 Å². The molecule has 1 atom stereocenters. The third-order valence-corrected chi connectivity index (χ3v) is 3.46. The molecule has 0 saturated heterocycles. The highest BCUT2D eigenvalue weighted by molar-refractivity contribution is 5.72. The maximum absolute atomic E-state index is 11.5. The number of esters is 1. The van der Waals surface area contributed by atoms with E-state index in [9.17, 15) is 4.79 Å². The van der Waals surface area contributed by atoms with E-state index in [0.717, 1.165) is 12.3 Å². The van der Waals surface area contributed by atoms with Gasteiger partial charge in [0.2, 0.25) is 0 Å². The summed E-state index contributed by atoms with van der Waals surface area (Å²) in [7, 11) is 0. The molecule has 0 heterocycles. The molecule has 0 aromatic carbocycles. The normalized spacial score (nSPS) is 19.2. The lowest BCUT2D eigenvalue weighted by molar-refractivity contribution is -0.153. The van der Waals surface area contributed by atoms with Crippen molar-refractivity contribution in [3.05, 3.63) is 0 Å². The second-order valence-corrected chi connectivity index (χ2v) is 6.72. The summed E-state index contributed by atoms with van der Waals surface area (Å²) >= 11 is 0. The van der Waals surface area contributed by atoms with Crippen LogP contribution in [0, 0.1) is 5.92 Å². The van der Waals surface area contributed by atoms with Crippen molar-refractivity contribution in [1.82, 2.24) is 5.32 Å². The maximum Gasteiger partial charge on any atom is 0.320 e. The summed E-state index contributed by atoms with van der Waals surface area (Å²) in [5.74, 6) is 0.574. The SMILES string of the molecule is CC(C)(C)OC(=O)CNC[C@@H](N)CC1CCCCC1. The standard InChI is InChI=1S/C15H30N2O2/c1-15(2,3)19-14(18)11-17-10-13(16)9-12-7-5-4-6-8-12/h12-13,17H,4-11,16H2,1-3H3/t13-/m0/s1. The van der Waals surface area contributed by atoms with Gasteiger partial charge in [-0.1, -0.05) is 32.1 Å². The van der Waals surface area contributed by atoms with Crippen molar-refractivity contribution in [3.63, 3.8) is 0 Å². The molecule has 0 aliphatic heterocycles. The molecular formula is C15H30N2O2. The molecule has 1 aliphatic carbocycles. The summed E-state index contributed by atoms with van der Waals surface area (Å²) in [5.41, 5.74) is 5.69. The monoisotopic (exact) mass is 270 g/mol. The van der Waals surface area contributed by atoms with Gasteiger partial charge in [0.25, 0.3) is 0 Å². The van der Waals surface area contributed by atoms with Crippen LogP contribution in [-0.4, -0.2) is 30.7 Å². The number of hydrogen-bond donors (Lipinski definition) is 2. The van der Waals surface area contributed by atoms with Gasteiger partial charge in [0.15, 0.2) is 0 Å². The predicted molar refractivity (Wildman–Crippen MR) is 77.9 cm³/mol. The van der Waals surface area contributed by atoms with Gasteiger partial charge >= 0.3 is 5.97 Å². The summed E-state index contributed by atoms with van der Waals surface area (Å²) in [5, 5.41) is 3.10. The van der Waals surface area contributed by atoms with Gasteiger partial charge < -0.3 is 15.8 Å². The quantitative estimate of drug-likeness (QED) is 0.726. The molecular weight excluding hydrogens is 240 g/mol. The maximum atomic E-state index is 11.5. The summed E-state index contributed by atoms with van der Waals surface area (Å²) in [6.45, 7) is 6.56. The Kier molecular flexibility index (Phi) is 6.80. The summed E-state index contributed by atoms with van der Waals surface area (Å²) in [6, 6.07) is 0.144. The van der Waals surface area contributed by atoms with Gasteiger partial charge in [-0.15, -0.1) is 0 Å². The number of carbonyl (C=O) groups excluding carboxylic acids is 1. The number of rotatable bonds is 6. The van der Waals surface area contributed by atoms with E-state index in [1.807, 2.05) is 20.8 Å². The molecule has 0 spiro atoms. The molecule has 4 nitrogen and oxygen atoms in total. The zero-order valence-corrected chi connectivity index (χ0v) is 12.7. The fourth-order valence-corrected chi connectivity index (χ4v) is 2.67. The van der Waals surface area contributed by atoms with Crippen molar-refractivity contribution in [3.8, 4) is 0 Å². The molecule has 4 heteroatoms. The Morgan fingerprint density at radius 1 is 1.32 bits per heavy atom. The molecule has 0 amide bonds. The summed E-state index contributed by atoms with van der Waals surface area (Å²) < 4.78 is 5.23. The number of carbonyl (C=O) groups is 1. The third-order valence-electron chi connectivity index (χ3n) is 3.46. The Labute approximate surface area is 117 Å². The summed E-state index contributed by atoms with van der Waals surface area (Å²) in [6.07, 6.45) is 7.79. The molecule has 0 aromatic heterocycles. The van der Waals surface area contributed by atoms with E-state index in [2.05, 4.69) is 5.32 Å². The highest BCUT2D eigenvalue weighted by atomic mass is 16.6. The van der Waals surface area contributed by atoms with Crippen molar-refractivity contribution in [2.45, 2.75) is 70.9 Å². The fourth-order valence-electron chi connectivity index (χ4n) is 2.67. The van der Waals surface area contributed by atoms with E-state index in [-0.39, 0.29) is 18.6 Å². The first-order chi connectivity index (χ1) is 8.87. The van der Waals surface area contributed by atoms with Crippen LogP contribution in [-0.2, 0) is 9.53 Å². The van der Waals surface area contributed by atoms with E-state index in [1.54, 1.807) is 0 Å². The van der Waals surface area contributed by atoms with Crippen molar-refractivity contribution in [1.29, 1.82) is 0 Å². The zero-order valence-electron chi connectivity index (χ0n) is 12.7. The van der Waals surface area contributed by atoms with E-state index in [1.165, 1.54) is 32.1 Å². The van der Waals surface area contributed by atoms with Crippen LogP contribution in [0.5, 0.6) is 0 Å². The molecule has 0 unspecified atom stereocenters. The predicted octanol–water partition coefficient (Wildman–Crippen LogP) is 2.22. The highest BCUT2D eigenvalue weighted by Crippen LogP contribution is 2.26. The van der Waals surface area contributed by atoms with Crippen LogP contribution < -0.4 is 11.1 Å². The Balaban J connectivity index is 2.09. The number of hydrogen-bond acceptors (Lipinski definition) is 4. The average molecular weight is 270 g/mol. The van der Waals surface area contributed by atoms with Crippen molar-refractivity contribution >= 4 is 5.97 Å². The Morgan fingerprint density at radius 2 is 1.95 bits per heavy atom. The number of ether oxygens (including phenoxy) is 1. The number of nitrogens with two attached hydrogens (primary N) is 1. The largest absolute Gasteiger partial charge is 0.459 e. The highest BCUT2D eigenvalue weighted by Gasteiger charge is 2.18. The lowest BCUT2D eigenvalue weighted by atomic mass is 9.85. The van der Waals surface area contributed by atoms with Crippen LogP contribution in [0.3, 0.4) is 0 Å². The van der Waals surface area contributed by atoms with Crippen LogP contribution in [0.2, 0.25) is 0 Å². The minimum absolute atomic E-state index is 0.144. The first-order valence-corrected chi connectivity index (χ1v) is 7.55. The molecule has 1 fully saturated rings. The molecule has 0 radical (unpaired) electrons. The van der Waals surface area contributed by atoms with Gasteiger partial charge in [0.05, 0.1) is 6.54 Å². The van der Waals surface area contributed by atoms with Crippen LogP contribution >= 0.6 is 0 Å². The van der Waals surface area contributed by atoms with E-state index in [4.69, 9.17) is 10.5 Å². The van der Waals surface area contributed by atoms with E-state index >= 15 is 0 Å². The van der Waals surface area contributed by atoms with Crippen LogP contribution in [0.1, 0.15) is 59.3 Å². The van der Waals surface area contributed by atoms with Crippen LogP contribution in [0.25, 0.3) is 0 Å². The van der Waals surface area contributed by atoms with Gasteiger partial charge in [-0.2, -0.15) is 0 Å². The molecule has 0 bridgehead atoms. The van der Waals surface area contributed by atoms with Crippen molar-refractivity contribution in [2.24, 2.45) is 11.7 Å². The smallest absolute Gasteiger partial charge is 0.320 e. The zero-order chi connectivity index (χ0) is 14.3. The van der Waals surface area contributed by atoms with Crippen LogP contribution in [0.4, 0.5) is 0 Å². The first kappa shape index (κ1) is 16.4. The topological polar surface area (TPSA) is 64.3 Å². The second-order valence-electron chi connectivity index (χ2n) is 6.72. The Bertz CT molecular complexity index is 268. The minimum Gasteiger partial charge on any atom is -0.459 e. The molecule has 0 aromatic rings. The van der Waals surface area contributed by atoms with Crippen molar-refractivity contribution in [2.75, 3.05) is 13.1 Å². The molecule has 1 aliphatic rings. The average Bonchev–Trinajstić information content (AvgIpc) is 2.27. The number of nitrogens with one attached hydrogen (secondary N) is 1. The second kappa shape index (κ2) is 7.85. The van der Waals surface area contributed by atoms with E-state index < -0.39 is 5.60 Å². The third kappa shape index (κ3) is 8.22. The fraction of sp³-hybridized carbons (Fsp3) is 0.933. The lowest BCUT2D eigenvalue weighted by Crippen LogP contribution is -2.39. The molecule has 1 saturated carbocycles. The van der Waals surface area contributed by atoms with Gasteiger partial charge in [-0.3, -0.25) is 4.79 Å². The molecule has 112 valence electrons. The van der Waals surface area contributed by atoms with Gasteiger partial charge in [-0.05, 0) is 33.1 Å². The lowest BCUT2D eigenvalue weighted by Gasteiger charge is -2.25. The minimum atomic E-state index is -0.414. The Morgan fingerprint density at radius 3 is 2.53 bits per heavy atom. The summed E-state index contributed by atoms with van der Waals surface area (Å²) in [4.78, 5) is 11.5. The molecule has 19 heavy (non-hydrogen) atoms. The van der Waals surface area contributed by atoms with E-state index in [0.29, 0.717) is 6.54 Å². The Hall–Kier alpha value is -0.610. The van der Waals surface area contributed by atoms with Crippen molar-refractivity contribution < 1.29 is 9.53 Å². The van der Waals surface area contributed by atoms with Gasteiger partial charge in [0, 0.05) is 12.6 Å². The first-order valence-electron chi connectivity index (χ1n) is 7.55. The molecule has 3 N–H and O–H groups in total. The van der Waals surface area contributed by atoms with Crippen LogP contribution in [0.15, 0.2) is 0 Å². The molecule has 1 rings (SSSR count).